The molecule has 11 heteroatoms. The zero-order valence-corrected chi connectivity index (χ0v) is 16.7. The van der Waals surface area contributed by atoms with Gasteiger partial charge in [-0.2, -0.15) is 0 Å². The van der Waals surface area contributed by atoms with Gasteiger partial charge in [-0.1, -0.05) is 6.58 Å². The third kappa shape index (κ3) is 4.90. The number of methoxy groups -OCH3 is 1. The topological polar surface area (TPSA) is 112 Å². The standard InChI is InChI=1S/C19H24F2N6O3/c1-4-15(28)27-6-5-12(13(9-27)30-3)25-14-8-23-17-16(26-14)11(7-22-17)18(29)24-10-19(2,20)21/h4,7-8,12-13H,1,5-6,9-10H2,2-3H3,(H,22,23)(H,24,29)(H,25,26)/t12-,13+/m1/s1. The lowest BCUT2D eigenvalue weighted by Crippen LogP contribution is -2.52. The molecule has 0 radical (unpaired) electrons. The lowest BCUT2D eigenvalue weighted by atomic mass is 10.0. The van der Waals surface area contributed by atoms with Gasteiger partial charge in [-0.15, -0.1) is 0 Å². The number of nitrogens with one attached hydrogen (secondary N) is 3. The molecule has 0 aromatic carbocycles. The molecule has 162 valence electrons. The minimum absolute atomic E-state index is 0.125. The first kappa shape index (κ1) is 21.6. The van der Waals surface area contributed by atoms with Crippen LogP contribution in [-0.2, 0) is 9.53 Å². The number of aromatic nitrogens is 3. The number of fused-ring (bicyclic) bond motifs is 1. The fourth-order valence-electron chi connectivity index (χ4n) is 3.30. The van der Waals surface area contributed by atoms with Crippen molar-refractivity contribution in [3.63, 3.8) is 0 Å². The van der Waals surface area contributed by atoms with Gasteiger partial charge in [0.1, 0.15) is 11.3 Å². The number of amides is 2. The summed E-state index contributed by atoms with van der Waals surface area (Å²) >= 11 is 0. The maximum atomic E-state index is 13.0. The number of aromatic amines is 1. The molecule has 1 saturated heterocycles. The molecule has 3 heterocycles. The highest BCUT2D eigenvalue weighted by molar-refractivity contribution is 6.04. The first-order valence-corrected chi connectivity index (χ1v) is 9.42. The van der Waals surface area contributed by atoms with Crippen molar-refractivity contribution in [3.05, 3.63) is 30.6 Å². The van der Waals surface area contributed by atoms with Gasteiger partial charge >= 0.3 is 0 Å². The highest BCUT2D eigenvalue weighted by atomic mass is 19.3. The summed E-state index contributed by atoms with van der Waals surface area (Å²) < 4.78 is 31.6. The fraction of sp³-hybridized carbons (Fsp3) is 0.474. The van der Waals surface area contributed by atoms with Crippen molar-refractivity contribution in [1.82, 2.24) is 25.2 Å². The van der Waals surface area contributed by atoms with Crippen molar-refractivity contribution < 1.29 is 23.1 Å². The normalized spacial score (nSPS) is 19.5. The molecule has 2 aromatic rings. The van der Waals surface area contributed by atoms with E-state index in [-0.39, 0.29) is 29.1 Å². The first-order valence-electron chi connectivity index (χ1n) is 9.42. The van der Waals surface area contributed by atoms with Crippen molar-refractivity contribution in [3.8, 4) is 0 Å². The number of ether oxygens (including phenoxy) is 1. The van der Waals surface area contributed by atoms with Gasteiger partial charge < -0.3 is 25.3 Å². The molecule has 0 bridgehead atoms. The van der Waals surface area contributed by atoms with Gasteiger partial charge in [-0.25, -0.2) is 18.7 Å². The van der Waals surface area contributed by atoms with E-state index >= 15 is 0 Å². The van der Waals surface area contributed by atoms with Crippen molar-refractivity contribution in [2.75, 3.05) is 32.1 Å². The van der Waals surface area contributed by atoms with Crippen LogP contribution in [0, 0.1) is 0 Å². The Morgan fingerprint density at radius 2 is 2.27 bits per heavy atom. The predicted octanol–water partition coefficient (Wildman–Crippen LogP) is 1.56. The Morgan fingerprint density at radius 1 is 1.50 bits per heavy atom. The summed E-state index contributed by atoms with van der Waals surface area (Å²) in [6, 6.07) is -0.134. The molecule has 9 nitrogen and oxygen atoms in total. The lowest BCUT2D eigenvalue weighted by Gasteiger charge is -2.37. The van der Waals surface area contributed by atoms with Crippen LogP contribution in [0.2, 0.25) is 0 Å². The zero-order chi connectivity index (χ0) is 21.9. The summed E-state index contributed by atoms with van der Waals surface area (Å²) in [6.07, 6.45) is 4.50. The third-order valence-corrected chi connectivity index (χ3v) is 4.87. The fourth-order valence-corrected chi connectivity index (χ4v) is 3.30. The molecule has 0 unspecified atom stereocenters. The SMILES string of the molecule is C=CC(=O)N1CC[C@@H](Nc2cnc3[nH]cc(C(=O)NCC(C)(F)F)c3n2)[C@@H](OC)C1. The van der Waals surface area contributed by atoms with Crippen molar-refractivity contribution in [2.45, 2.75) is 31.4 Å². The molecular formula is C19H24F2N6O3. The minimum Gasteiger partial charge on any atom is -0.377 e. The summed E-state index contributed by atoms with van der Waals surface area (Å²) in [6.45, 7) is 4.38. The predicted molar refractivity (Wildman–Crippen MR) is 106 cm³/mol. The molecule has 3 rings (SSSR count). The van der Waals surface area contributed by atoms with Crippen molar-refractivity contribution >= 4 is 28.8 Å². The van der Waals surface area contributed by atoms with Gasteiger partial charge in [-0.05, 0) is 12.5 Å². The average molecular weight is 422 g/mol. The van der Waals surface area contributed by atoms with E-state index < -0.39 is 18.4 Å². The molecule has 0 aliphatic carbocycles. The third-order valence-electron chi connectivity index (χ3n) is 4.87. The number of nitrogens with zero attached hydrogens (tertiary/aromatic N) is 3. The van der Waals surface area contributed by atoms with Gasteiger partial charge in [0, 0.05) is 33.3 Å². The molecule has 0 spiro atoms. The summed E-state index contributed by atoms with van der Waals surface area (Å²) in [5.41, 5.74) is 0.758. The Bertz CT molecular complexity index is 942. The van der Waals surface area contributed by atoms with E-state index in [0.29, 0.717) is 31.0 Å². The largest absolute Gasteiger partial charge is 0.377 e. The number of likely N-dealkylation sites (tertiary alicyclic amines) is 1. The number of piperidine rings is 1. The summed E-state index contributed by atoms with van der Waals surface area (Å²) in [5, 5.41) is 5.43. The number of carbonyl (C=O) groups is 2. The molecular weight excluding hydrogens is 398 g/mol. The number of halogens is 2. The molecule has 2 atom stereocenters. The molecule has 1 fully saturated rings. The molecule has 0 saturated carbocycles. The lowest BCUT2D eigenvalue weighted by molar-refractivity contribution is -0.129. The van der Waals surface area contributed by atoms with Crippen LogP contribution in [0.1, 0.15) is 23.7 Å². The summed E-state index contributed by atoms with van der Waals surface area (Å²) in [4.78, 5) is 37.3. The van der Waals surface area contributed by atoms with Crippen LogP contribution in [0.3, 0.4) is 0 Å². The van der Waals surface area contributed by atoms with E-state index in [4.69, 9.17) is 4.74 Å². The Hall–Kier alpha value is -3.08. The van der Waals surface area contributed by atoms with Crippen LogP contribution < -0.4 is 10.6 Å². The van der Waals surface area contributed by atoms with E-state index in [2.05, 4.69) is 32.2 Å². The van der Waals surface area contributed by atoms with Crippen LogP contribution >= 0.6 is 0 Å². The zero-order valence-electron chi connectivity index (χ0n) is 16.7. The van der Waals surface area contributed by atoms with E-state index in [1.807, 2.05) is 0 Å². The number of hydrogen-bond acceptors (Lipinski definition) is 6. The van der Waals surface area contributed by atoms with Gasteiger partial charge in [0.25, 0.3) is 11.8 Å². The second-order valence-electron chi connectivity index (χ2n) is 7.21. The van der Waals surface area contributed by atoms with Gasteiger partial charge in [-0.3, -0.25) is 9.59 Å². The molecule has 30 heavy (non-hydrogen) atoms. The van der Waals surface area contributed by atoms with Crippen LogP contribution in [0.4, 0.5) is 14.6 Å². The summed E-state index contributed by atoms with van der Waals surface area (Å²) in [5.74, 6) is -3.43. The smallest absolute Gasteiger partial charge is 0.262 e. The van der Waals surface area contributed by atoms with Crippen molar-refractivity contribution in [2.24, 2.45) is 0 Å². The van der Waals surface area contributed by atoms with Gasteiger partial charge in [0.05, 0.1) is 30.5 Å². The first-order chi connectivity index (χ1) is 14.2. The number of H-pyrrole nitrogens is 1. The number of alkyl halides is 2. The van der Waals surface area contributed by atoms with Crippen LogP contribution in [0.25, 0.3) is 11.2 Å². The quantitative estimate of drug-likeness (QED) is 0.584. The molecule has 1 aliphatic heterocycles. The second kappa shape index (κ2) is 8.74. The Labute approximate surface area is 171 Å². The monoisotopic (exact) mass is 422 g/mol. The number of hydrogen-bond donors (Lipinski definition) is 3. The Balaban J connectivity index is 1.75. The summed E-state index contributed by atoms with van der Waals surface area (Å²) in [7, 11) is 1.56. The number of anilines is 1. The Kier molecular flexibility index (Phi) is 6.30. The van der Waals surface area contributed by atoms with Crippen LogP contribution in [-0.4, -0.2) is 76.5 Å². The minimum atomic E-state index is -3.02. The molecule has 3 N–H and O–H groups in total. The van der Waals surface area contributed by atoms with Crippen LogP contribution in [0.15, 0.2) is 25.0 Å². The average Bonchev–Trinajstić information content (AvgIpc) is 3.14. The molecule has 2 aromatic heterocycles. The highest BCUT2D eigenvalue weighted by Gasteiger charge is 2.31. The van der Waals surface area contributed by atoms with Gasteiger partial charge in [0.15, 0.2) is 5.65 Å². The van der Waals surface area contributed by atoms with E-state index in [1.165, 1.54) is 18.5 Å². The second-order valence-corrected chi connectivity index (χ2v) is 7.21. The molecule has 2 amide bonds. The maximum Gasteiger partial charge on any atom is 0.262 e. The highest BCUT2D eigenvalue weighted by Crippen LogP contribution is 2.21. The number of rotatable bonds is 7. The maximum absolute atomic E-state index is 13.0. The van der Waals surface area contributed by atoms with Gasteiger partial charge in [0.2, 0.25) is 5.91 Å². The van der Waals surface area contributed by atoms with Crippen LogP contribution in [0.5, 0.6) is 0 Å². The molecule has 1 aliphatic rings. The number of carbonyl (C=O) groups excluding carboxylic acids is 2. The van der Waals surface area contributed by atoms with E-state index in [1.54, 1.807) is 12.0 Å². The van der Waals surface area contributed by atoms with Crippen molar-refractivity contribution in [1.29, 1.82) is 0 Å². The van der Waals surface area contributed by atoms with E-state index in [9.17, 15) is 18.4 Å². The van der Waals surface area contributed by atoms with E-state index in [0.717, 1.165) is 6.92 Å². The Morgan fingerprint density at radius 3 is 2.93 bits per heavy atom.